The second-order valence-electron chi connectivity index (χ2n) is 11.0. The van der Waals surface area contributed by atoms with Gasteiger partial charge >= 0.3 is 6.55 Å². The van der Waals surface area contributed by atoms with Crippen molar-refractivity contribution in [2.75, 3.05) is 11.9 Å². The molecular formula is C29H31F3N8O2. The quantitative estimate of drug-likeness (QED) is 0.258. The maximum atomic E-state index is 14.6. The average Bonchev–Trinajstić information content (AvgIpc) is 3.63. The molecule has 4 aromatic rings. The SMILES string of the molecule is CC(C)(O)[C@H](F)CNC(=O)c1c(NC2CCC(c3ccn(C(F)F)n3)CC2)ccnc1-c1ccc2cc(C#N)cnn12. The third-order valence-corrected chi connectivity index (χ3v) is 7.59. The molecule has 5 rings (SSSR count). The van der Waals surface area contributed by atoms with E-state index in [0.717, 1.165) is 12.8 Å². The number of rotatable bonds is 9. The van der Waals surface area contributed by atoms with Crippen molar-refractivity contribution >= 4 is 17.1 Å². The van der Waals surface area contributed by atoms with Crippen LogP contribution in [0.3, 0.4) is 0 Å². The number of nitriles is 1. The largest absolute Gasteiger partial charge is 0.387 e. The van der Waals surface area contributed by atoms with Crippen LogP contribution in [0.5, 0.6) is 0 Å². The predicted octanol–water partition coefficient (Wildman–Crippen LogP) is 4.84. The second kappa shape index (κ2) is 11.8. The Kier molecular flexibility index (Phi) is 8.17. The Balaban J connectivity index is 1.42. The van der Waals surface area contributed by atoms with Gasteiger partial charge in [-0.2, -0.15) is 24.2 Å². The highest BCUT2D eigenvalue weighted by Crippen LogP contribution is 2.35. The van der Waals surface area contributed by atoms with Gasteiger partial charge in [0.2, 0.25) is 0 Å². The molecule has 0 radical (unpaired) electrons. The predicted molar refractivity (Wildman–Crippen MR) is 149 cm³/mol. The summed E-state index contributed by atoms with van der Waals surface area (Å²) in [6.07, 6.45) is 5.43. The molecule has 0 spiro atoms. The maximum absolute atomic E-state index is 14.6. The molecule has 1 aliphatic rings. The third-order valence-electron chi connectivity index (χ3n) is 7.59. The molecule has 220 valence electrons. The summed E-state index contributed by atoms with van der Waals surface area (Å²) in [7, 11) is 0. The van der Waals surface area contributed by atoms with Gasteiger partial charge in [-0.3, -0.25) is 9.78 Å². The van der Waals surface area contributed by atoms with E-state index >= 15 is 0 Å². The van der Waals surface area contributed by atoms with E-state index in [0.29, 0.717) is 51.4 Å². The van der Waals surface area contributed by atoms with Crippen LogP contribution in [0, 0.1) is 11.3 Å². The molecular weight excluding hydrogens is 549 g/mol. The minimum atomic E-state index is -2.68. The number of halogens is 3. The van der Waals surface area contributed by atoms with Gasteiger partial charge in [-0.05, 0) is 69.9 Å². The van der Waals surface area contributed by atoms with Gasteiger partial charge in [0.1, 0.15) is 17.9 Å². The number of carbonyl (C=O) groups excluding carboxylic acids is 1. The lowest BCUT2D eigenvalue weighted by Gasteiger charge is -2.30. The fraction of sp³-hybridized carbons (Fsp3) is 0.414. The lowest BCUT2D eigenvalue weighted by Crippen LogP contribution is -2.42. The Bertz CT molecular complexity index is 1610. The summed E-state index contributed by atoms with van der Waals surface area (Å²) in [4.78, 5) is 18.1. The van der Waals surface area contributed by atoms with Crippen LogP contribution in [-0.2, 0) is 0 Å². The van der Waals surface area contributed by atoms with Gasteiger partial charge in [-0.1, -0.05) is 0 Å². The van der Waals surface area contributed by atoms with Crippen molar-refractivity contribution in [1.29, 1.82) is 5.26 Å². The zero-order valence-electron chi connectivity index (χ0n) is 23.1. The van der Waals surface area contributed by atoms with Crippen LogP contribution in [0.2, 0.25) is 0 Å². The summed E-state index contributed by atoms with van der Waals surface area (Å²) in [5, 5.41) is 33.7. The van der Waals surface area contributed by atoms with Crippen LogP contribution in [0.25, 0.3) is 16.9 Å². The second-order valence-corrected chi connectivity index (χ2v) is 11.0. The molecule has 0 unspecified atom stereocenters. The summed E-state index contributed by atoms with van der Waals surface area (Å²) < 4.78 is 42.7. The van der Waals surface area contributed by atoms with Crippen LogP contribution in [0.4, 0.5) is 18.9 Å². The molecule has 0 bridgehead atoms. The lowest BCUT2D eigenvalue weighted by molar-refractivity contribution is -0.00177. The number of amides is 1. The van der Waals surface area contributed by atoms with Gasteiger partial charge < -0.3 is 15.7 Å². The Morgan fingerprint density at radius 1 is 1.19 bits per heavy atom. The van der Waals surface area contributed by atoms with Gasteiger partial charge in [-0.25, -0.2) is 13.6 Å². The Hall–Kier alpha value is -4.44. The van der Waals surface area contributed by atoms with E-state index in [1.807, 2.05) is 0 Å². The smallest absolute Gasteiger partial charge is 0.333 e. The van der Waals surface area contributed by atoms with Crippen molar-refractivity contribution in [2.45, 2.75) is 69.8 Å². The molecule has 4 heterocycles. The van der Waals surface area contributed by atoms with E-state index in [2.05, 4.69) is 31.9 Å². The molecule has 0 aromatic carbocycles. The van der Waals surface area contributed by atoms with E-state index < -0.39 is 30.8 Å². The zero-order chi connectivity index (χ0) is 30.0. The number of aliphatic hydroxyl groups is 1. The molecule has 0 saturated heterocycles. The maximum Gasteiger partial charge on any atom is 0.333 e. The van der Waals surface area contributed by atoms with Crippen molar-refractivity contribution in [3.8, 4) is 17.5 Å². The standard InChI is InChI=1S/C29H31F3N8O2/c1-29(2,42)24(30)16-35-27(41)25-22(37-19-5-3-18(4-6-19)21-10-12-39(38-21)28(31)32)9-11-34-26(25)23-8-7-20-13-17(14-33)15-36-40(20)23/h7-13,15,18-19,24,28,42H,3-6,16H2,1-2H3,(H,34,37)(H,35,41)/t18?,19?,24-/m1/s1. The number of anilines is 1. The molecule has 3 N–H and O–H groups in total. The number of nitrogens with one attached hydrogen (secondary N) is 2. The molecule has 4 aromatic heterocycles. The van der Waals surface area contributed by atoms with Crippen LogP contribution >= 0.6 is 0 Å². The Morgan fingerprint density at radius 3 is 2.62 bits per heavy atom. The summed E-state index contributed by atoms with van der Waals surface area (Å²) in [6.45, 7) is -0.437. The summed E-state index contributed by atoms with van der Waals surface area (Å²) in [5.74, 6) is -0.527. The van der Waals surface area contributed by atoms with E-state index in [-0.39, 0.29) is 17.5 Å². The van der Waals surface area contributed by atoms with Gasteiger partial charge in [-0.15, -0.1) is 0 Å². The Labute approximate surface area is 240 Å². The normalized spacial score (nSPS) is 18.1. The summed E-state index contributed by atoms with van der Waals surface area (Å²) >= 11 is 0. The topological polar surface area (TPSA) is 133 Å². The number of aromatic nitrogens is 5. The van der Waals surface area contributed by atoms with Crippen molar-refractivity contribution in [3.05, 3.63) is 65.7 Å². The summed E-state index contributed by atoms with van der Waals surface area (Å²) in [5.41, 5.74) is 1.49. The Morgan fingerprint density at radius 2 is 1.95 bits per heavy atom. The van der Waals surface area contributed by atoms with Crippen molar-refractivity contribution in [3.63, 3.8) is 0 Å². The van der Waals surface area contributed by atoms with E-state index in [1.165, 1.54) is 26.2 Å². The van der Waals surface area contributed by atoms with Crippen LogP contribution < -0.4 is 10.6 Å². The number of hydrogen-bond acceptors (Lipinski definition) is 7. The first-order chi connectivity index (χ1) is 20.0. The van der Waals surface area contributed by atoms with E-state index in [4.69, 9.17) is 0 Å². The fourth-order valence-electron chi connectivity index (χ4n) is 5.20. The molecule has 42 heavy (non-hydrogen) atoms. The van der Waals surface area contributed by atoms with E-state index in [9.17, 15) is 28.3 Å². The molecule has 1 aliphatic carbocycles. The fourth-order valence-corrected chi connectivity index (χ4v) is 5.20. The highest BCUT2D eigenvalue weighted by molar-refractivity contribution is 6.05. The molecule has 0 aliphatic heterocycles. The molecule has 1 saturated carbocycles. The lowest BCUT2D eigenvalue weighted by atomic mass is 9.84. The van der Waals surface area contributed by atoms with Crippen LogP contribution in [0.15, 0.2) is 48.9 Å². The zero-order valence-corrected chi connectivity index (χ0v) is 23.1. The molecule has 10 nitrogen and oxygen atoms in total. The molecule has 1 atom stereocenters. The minimum absolute atomic E-state index is 0.0223. The molecule has 1 fully saturated rings. The van der Waals surface area contributed by atoms with E-state index in [1.54, 1.807) is 41.0 Å². The van der Waals surface area contributed by atoms with Crippen LogP contribution in [0.1, 0.15) is 73.6 Å². The molecule has 1 amide bonds. The third kappa shape index (κ3) is 6.08. The number of carbonyl (C=O) groups is 1. The first-order valence-electron chi connectivity index (χ1n) is 13.7. The summed E-state index contributed by atoms with van der Waals surface area (Å²) in [6, 6.07) is 10.5. The number of pyridine rings is 1. The average molecular weight is 581 g/mol. The highest BCUT2D eigenvalue weighted by Gasteiger charge is 2.30. The van der Waals surface area contributed by atoms with Crippen LogP contribution in [-0.4, -0.2) is 59.8 Å². The van der Waals surface area contributed by atoms with Crippen molar-refractivity contribution in [2.24, 2.45) is 0 Å². The first kappa shape index (κ1) is 29.1. The highest BCUT2D eigenvalue weighted by atomic mass is 19.3. The molecule has 13 heteroatoms. The van der Waals surface area contributed by atoms with Crippen molar-refractivity contribution in [1.82, 2.24) is 29.7 Å². The first-order valence-corrected chi connectivity index (χ1v) is 13.7. The van der Waals surface area contributed by atoms with Gasteiger partial charge in [0.25, 0.3) is 5.91 Å². The number of nitrogens with zero attached hydrogens (tertiary/aromatic N) is 6. The van der Waals surface area contributed by atoms with Gasteiger partial charge in [0.15, 0.2) is 0 Å². The number of fused-ring (bicyclic) bond motifs is 1. The number of alkyl halides is 3. The minimum Gasteiger partial charge on any atom is -0.387 e. The van der Waals surface area contributed by atoms with Gasteiger partial charge in [0.05, 0.1) is 52.1 Å². The monoisotopic (exact) mass is 580 g/mol. The van der Waals surface area contributed by atoms with Crippen molar-refractivity contribution < 1.29 is 23.1 Å². The number of hydrogen-bond donors (Lipinski definition) is 3. The van der Waals surface area contributed by atoms with Gasteiger partial charge in [0, 0.05) is 24.4 Å².